The maximum Gasteiger partial charge on any atom is 0.310 e. The van der Waals surface area contributed by atoms with Crippen LogP contribution in [0.5, 0.6) is 5.75 Å². The molecule has 0 N–H and O–H groups in total. The molecular weight excluding hydrogens is 308 g/mol. The molecule has 0 amide bonds. The molecule has 1 aliphatic rings. The van der Waals surface area contributed by atoms with Gasteiger partial charge in [0.2, 0.25) is 0 Å². The van der Waals surface area contributed by atoms with Gasteiger partial charge in [0.1, 0.15) is 11.9 Å². The van der Waals surface area contributed by atoms with Crippen LogP contribution in [-0.4, -0.2) is 24.0 Å². The van der Waals surface area contributed by atoms with Crippen LogP contribution >= 0.6 is 15.9 Å². The van der Waals surface area contributed by atoms with Crippen molar-refractivity contribution in [2.24, 2.45) is 0 Å². The van der Waals surface area contributed by atoms with Gasteiger partial charge < -0.3 is 9.47 Å². The van der Waals surface area contributed by atoms with Gasteiger partial charge in [-0.15, -0.1) is 0 Å². The van der Waals surface area contributed by atoms with Crippen molar-refractivity contribution in [1.82, 2.24) is 0 Å². The third kappa shape index (κ3) is 4.23. The van der Waals surface area contributed by atoms with Gasteiger partial charge in [0.25, 0.3) is 0 Å². The van der Waals surface area contributed by atoms with E-state index in [1.807, 2.05) is 24.3 Å². The van der Waals surface area contributed by atoms with E-state index in [0.717, 1.165) is 30.6 Å². The fourth-order valence-electron chi connectivity index (χ4n) is 2.34. The average molecular weight is 327 g/mol. The Morgan fingerprint density at radius 2 is 2.16 bits per heavy atom. The van der Waals surface area contributed by atoms with Gasteiger partial charge in [-0.05, 0) is 37.0 Å². The van der Waals surface area contributed by atoms with Crippen LogP contribution in [-0.2, 0) is 16.0 Å². The van der Waals surface area contributed by atoms with Gasteiger partial charge in [-0.25, -0.2) is 0 Å². The molecule has 4 heteroatoms. The fraction of sp³-hybridized carbons (Fsp3) is 0.533. The molecular formula is C15H19BrO3. The van der Waals surface area contributed by atoms with E-state index in [-0.39, 0.29) is 12.1 Å². The minimum Gasteiger partial charge on any atom is -0.497 e. The Kier molecular flexibility index (Phi) is 5.25. The minimum atomic E-state index is -0.162. The lowest BCUT2D eigenvalue weighted by Gasteiger charge is -2.27. The second kappa shape index (κ2) is 6.94. The molecule has 1 aromatic rings. The highest BCUT2D eigenvalue weighted by Gasteiger charge is 2.26. The Morgan fingerprint density at radius 1 is 1.37 bits per heavy atom. The van der Waals surface area contributed by atoms with Crippen LogP contribution in [0.1, 0.15) is 31.2 Å². The number of methoxy groups -OCH3 is 1. The quantitative estimate of drug-likeness (QED) is 0.627. The highest BCUT2D eigenvalue weighted by atomic mass is 79.9. The van der Waals surface area contributed by atoms with Crippen LogP contribution in [0.2, 0.25) is 0 Å². The van der Waals surface area contributed by atoms with Crippen LogP contribution in [0, 0.1) is 0 Å². The highest BCUT2D eigenvalue weighted by molar-refractivity contribution is 9.09. The maximum atomic E-state index is 11.9. The molecule has 2 atom stereocenters. The minimum absolute atomic E-state index is 0.0202. The zero-order chi connectivity index (χ0) is 13.7. The first-order valence-electron chi connectivity index (χ1n) is 6.65. The van der Waals surface area contributed by atoms with E-state index in [1.54, 1.807) is 7.11 Å². The summed E-state index contributed by atoms with van der Waals surface area (Å²) in [6, 6.07) is 7.53. The van der Waals surface area contributed by atoms with Gasteiger partial charge in [-0.3, -0.25) is 4.79 Å². The van der Waals surface area contributed by atoms with Crippen molar-refractivity contribution in [2.75, 3.05) is 7.11 Å². The Hall–Kier alpha value is -1.03. The van der Waals surface area contributed by atoms with Crippen molar-refractivity contribution in [3.8, 4) is 5.75 Å². The summed E-state index contributed by atoms with van der Waals surface area (Å²) in [7, 11) is 1.62. The van der Waals surface area contributed by atoms with Crippen LogP contribution < -0.4 is 4.74 Å². The van der Waals surface area contributed by atoms with E-state index in [2.05, 4.69) is 15.9 Å². The molecule has 0 bridgehead atoms. The molecule has 0 spiro atoms. The molecule has 3 nitrogen and oxygen atoms in total. The third-order valence-corrected chi connectivity index (χ3v) is 4.43. The second-order valence-electron chi connectivity index (χ2n) is 4.86. The zero-order valence-corrected chi connectivity index (χ0v) is 12.7. The molecule has 2 rings (SSSR count). The van der Waals surface area contributed by atoms with Crippen LogP contribution in [0.4, 0.5) is 0 Å². The molecule has 0 radical (unpaired) electrons. The van der Waals surface area contributed by atoms with E-state index in [9.17, 15) is 4.79 Å². The normalized spacial score (nSPS) is 22.8. The van der Waals surface area contributed by atoms with Crippen molar-refractivity contribution in [3.05, 3.63) is 29.8 Å². The number of carbonyl (C=O) groups is 1. The summed E-state index contributed by atoms with van der Waals surface area (Å²) in [5.74, 6) is 0.603. The number of hydrogen-bond donors (Lipinski definition) is 0. The van der Waals surface area contributed by atoms with Crippen molar-refractivity contribution in [1.29, 1.82) is 0 Å². The van der Waals surface area contributed by atoms with Crippen molar-refractivity contribution >= 4 is 21.9 Å². The van der Waals surface area contributed by atoms with E-state index >= 15 is 0 Å². The number of rotatable bonds is 4. The van der Waals surface area contributed by atoms with Crippen molar-refractivity contribution in [2.45, 2.75) is 43.0 Å². The highest BCUT2D eigenvalue weighted by Crippen LogP contribution is 2.27. The predicted molar refractivity (Wildman–Crippen MR) is 77.8 cm³/mol. The average Bonchev–Trinajstić information content (AvgIpc) is 2.41. The number of benzene rings is 1. The summed E-state index contributed by atoms with van der Waals surface area (Å²) < 4.78 is 10.7. The smallest absolute Gasteiger partial charge is 0.310 e. The molecule has 1 saturated carbocycles. The standard InChI is InChI=1S/C15H19BrO3/c1-18-12-6-4-5-11(9-12)10-15(17)19-14-8-3-2-7-13(14)16/h4-6,9,13-14H,2-3,7-8,10H2,1H3/t13-,14-/m1/s1. The van der Waals surface area contributed by atoms with E-state index < -0.39 is 0 Å². The lowest BCUT2D eigenvalue weighted by Crippen LogP contribution is -2.30. The Labute approximate surface area is 122 Å². The largest absolute Gasteiger partial charge is 0.497 e. The molecule has 0 aliphatic heterocycles. The lowest BCUT2D eigenvalue weighted by molar-refractivity contribution is -0.149. The lowest BCUT2D eigenvalue weighted by atomic mass is 9.97. The molecule has 19 heavy (non-hydrogen) atoms. The van der Waals surface area contributed by atoms with Gasteiger partial charge in [-0.2, -0.15) is 0 Å². The Bertz CT molecular complexity index is 433. The van der Waals surface area contributed by atoms with Gasteiger partial charge in [0, 0.05) is 0 Å². The molecule has 1 aromatic carbocycles. The topological polar surface area (TPSA) is 35.5 Å². The predicted octanol–water partition coefficient (Wildman–Crippen LogP) is 3.49. The van der Waals surface area contributed by atoms with Crippen LogP contribution in [0.3, 0.4) is 0 Å². The number of carbonyl (C=O) groups excluding carboxylic acids is 1. The summed E-state index contributed by atoms with van der Waals surface area (Å²) in [5, 5.41) is 0. The summed E-state index contributed by atoms with van der Waals surface area (Å²) in [6.07, 6.45) is 4.70. The van der Waals surface area contributed by atoms with Crippen LogP contribution in [0.15, 0.2) is 24.3 Å². The molecule has 104 valence electrons. The molecule has 0 heterocycles. The van der Waals surface area contributed by atoms with Gasteiger partial charge in [0.05, 0.1) is 18.4 Å². The Balaban J connectivity index is 1.89. The van der Waals surface area contributed by atoms with E-state index in [0.29, 0.717) is 11.2 Å². The number of ether oxygens (including phenoxy) is 2. The number of halogens is 1. The monoisotopic (exact) mass is 326 g/mol. The first kappa shape index (κ1) is 14.4. The molecule has 1 aliphatic carbocycles. The van der Waals surface area contributed by atoms with E-state index in [4.69, 9.17) is 9.47 Å². The van der Waals surface area contributed by atoms with Crippen LogP contribution in [0.25, 0.3) is 0 Å². The molecule has 0 saturated heterocycles. The van der Waals surface area contributed by atoms with Crippen molar-refractivity contribution < 1.29 is 14.3 Å². The molecule has 1 fully saturated rings. The fourth-order valence-corrected chi connectivity index (χ4v) is 3.04. The summed E-state index contributed by atoms with van der Waals surface area (Å²) in [6.45, 7) is 0. The van der Waals surface area contributed by atoms with Gasteiger partial charge in [0.15, 0.2) is 0 Å². The molecule has 0 aromatic heterocycles. The number of alkyl halides is 1. The van der Waals surface area contributed by atoms with Crippen molar-refractivity contribution in [3.63, 3.8) is 0 Å². The van der Waals surface area contributed by atoms with Gasteiger partial charge >= 0.3 is 5.97 Å². The second-order valence-corrected chi connectivity index (χ2v) is 6.03. The Morgan fingerprint density at radius 3 is 2.89 bits per heavy atom. The van der Waals surface area contributed by atoms with Gasteiger partial charge in [-0.1, -0.05) is 34.5 Å². The first-order valence-corrected chi connectivity index (χ1v) is 7.57. The summed E-state index contributed by atoms with van der Waals surface area (Å²) in [4.78, 5) is 12.2. The first-order chi connectivity index (χ1) is 9.19. The zero-order valence-electron chi connectivity index (χ0n) is 11.1. The summed E-state index contributed by atoms with van der Waals surface area (Å²) in [5.41, 5.74) is 0.922. The number of esters is 1. The third-order valence-electron chi connectivity index (χ3n) is 3.39. The maximum absolute atomic E-state index is 11.9. The number of hydrogen-bond acceptors (Lipinski definition) is 3. The summed E-state index contributed by atoms with van der Waals surface area (Å²) >= 11 is 3.59. The SMILES string of the molecule is COc1cccc(CC(=O)O[C@@H]2CCCC[C@H]2Br)c1. The molecule has 0 unspecified atom stereocenters. The van der Waals surface area contributed by atoms with E-state index in [1.165, 1.54) is 6.42 Å².